The number of likely N-dealkylation sites (tertiary alicyclic amines) is 1. The summed E-state index contributed by atoms with van der Waals surface area (Å²) in [5.74, 6) is 0.111. The Bertz CT molecular complexity index is 796. The largest absolute Gasteiger partial charge is 0.369 e. The van der Waals surface area contributed by atoms with Crippen molar-refractivity contribution < 1.29 is 9.59 Å². The molecule has 4 rings (SSSR count). The number of benzene rings is 1. The predicted octanol–water partition coefficient (Wildman–Crippen LogP) is 3.46. The Kier molecular flexibility index (Phi) is 4.57. The van der Waals surface area contributed by atoms with E-state index in [4.69, 9.17) is 5.73 Å². The number of carbonyl (C=O) groups excluding carboxylic acids is 2. The first-order valence-corrected chi connectivity index (χ1v) is 10.2. The first-order chi connectivity index (χ1) is 12.6. The third-order valence-electron chi connectivity index (χ3n) is 5.64. The van der Waals surface area contributed by atoms with Gasteiger partial charge in [0.2, 0.25) is 11.8 Å². The van der Waals surface area contributed by atoms with Gasteiger partial charge in [0.25, 0.3) is 0 Å². The van der Waals surface area contributed by atoms with Crippen LogP contribution in [0.3, 0.4) is 0 Å². The topological polar surface area (TPSA) is 63.4 Å². The molecule has 1 aromatic heterocycles. The first-order valence-electron chi connectivity index (χ1n) is 9.29. The van der Waals surface area contributed by atoms with Crippen LogP contribution in [-0.4, -0.2) is 29.8 Å². The number of nitrogens with two attached hydrogens (primary N) is 1. The minimum absolute atomic E-state index is 0.184. The summed E-state index contributed by atoms with van der Waals surface area (Å²) < 4.78 is 0. The first kappa shape index (κ1) is 17.3. The van der Waals surface area contributed by atoms with Crippen molar-refractivity contribution in [3.05, 3.63) is 47.3 Å². The van der Waals surface area contributed by atoms with Crippen molar-refractivity contribution in [1.82, 2.24) is 4.90 Å². The lowest BCUT2D eigenvalue weighted by Gasteiger charge is -2.41. The molecule has 26 heavy (non-hydrogen) atoms. The Morgan fingerprint density at radius 3 is 2.58 bits per heavy atom. The molecule has 1 aromatic carbocycles. The molecule has 4 nitrogen and oxygen atoms in total. The Balaban J connectivity index is 1.52. The van der Waals surface area contributed by atoms with Gasteiger partial charge in [0.15, 0.2) is 0 Å². The van der Waals surface area contributed by atoms with E-state index in [2.05, 4.69) is 35.7 Å². The van der Waals surface area contributed by atoms with Crippen molar-refractivity contribution in [3.63, 3.8) is 0 Å². The fraction of sp³-hybridized carbons (Fsp3) is 0.429. The molecule has 2 fully saturated rings. The number of rotatable bonds is 5. The number of hydrogen-bond donors (Lipinski definition) is 1. The molecule has 5 heteroatoms. The van der Waals surface area contributed by atoms with Crippen LogP contribution < -0.4 is 5.73 Å². The maximum absolute atomic E-state index is 12.5. The number of amides is 2. The molecule has 136 valence electrons. The minimum atomic E-state index is -0.646. The van der Waals surface area contributed by atoms with Gasteiger partial charge in [-0.15, -0.1) is 11.3 Å². The van der Waals surface area contributed by atoms with Gasteiger partial charge in [-0.1, -0.05) is 30.3 Å². The van der Waals surface area contributed by atoms with Crippen molar-refractivity contribution in [2.45, 2.75) is 32.1 Å². The number of nitrogens with zero attached hydrogens (tertiary/aromatic N) is 1. The van der Waals surface area contributed by atoms with Gasteiger partial charge < -0.3 is 10.6 Å². The second kappa shape index (κ2) is 6.88. The Labute approximate surface area is 158 Å². The van der Waals surface area contributed by atoms with E-state index in [-0.39, 0.29) is 17.7 Å². The van der Waals surface area contributed by atoms with Gasteiger partial charge in [-0.3, -0.25) is 9.59 Å². The summed E-state index contributed by atoms with van der Waals surface area (Å²) in [6.07, 6.45) is 4.17. The molecule has 1 aliphatic carbocycles. The highest BCUT2D eigenvalue weighted by atomic mass is 32.1. The average Bonchev–Trinajstić information content (AvgIpc) is 3.36. The third kappa shape index (κ3) is 3.40. The molecular formula is C21H24N2O2S. The third-order valence-corrected chi connectivity index (χ3v) is 6.56. The molecule has 1 aliphatic heterocycles. The molecule has 2 aliphatic rings. The van der Waals surface area contributed by atoms with Crippen LogP contribution >= 0.6 is 11.3 Å². The molecule has 2 N–H and O–H groups in total. The maximum atomic E-state index is 12.5. The van der Waals surface area contributed by atoms with Gasteiger partial charge in [-0.05, 0) is 54.7 Å². The summed E-state index contributed by atoms with van der Waals surface area (Å²) in [6.45, 7) is 1.21. The smallest absolute Gasteiger partial charge is 0.225 e. The van der Waals surface area contributed by atoms with Crippen LogP contribution in [0.25, 0.3) is 10.4 Å². The summed E-state index contributed by atoms with van der Waals surface area (Å²) in [4.78, 5) is 28.0. The van der Waals surface area contributed by atoms with Crippen LogP contribution in [0.4, 0.5) is 0 Å². The summed E-state index contributed by atoms with van der Waals surface area (Å²) in [5, 5.41) is 2.07. The lowest BCUT2D eigenvalue weighted by molar-refractivity contribution is -0.140. The van der Waals surface area contributed by atoms with E-state index in [0.29, 0.717) is 13.0 Å². The van der Waals surface area contributed by atoms with Crippen LogP contribution in [0.2, 0.25) is 0 Å². The fourth-order valence-electron chi connectivity index (χ4n) is 3.96. The summed E-state index contributed by atoms with van der Waals surface area (Å²) in [7, 11) is 0. The van der Waals surface area contributed by atoms with E-state index in [1.807, 2.05) is 11.0 Å². The SMILES string of the molecule is NC(=O)[C@@]1(Cc2ccc(-c3cccs3)cc2)CCCN(C(=O)C2CC2)C1. The van der Waals surface area contributed by atoms with E-state index >= 15 is 0 Å². The second-order valence-corrected chi connectivity index (χ2v) is 8.58. The summed E-state index contributed by atoms with van der Waals surface area (Å²) in [6, 6.07) is 12.5. The van der Waals surface area contributed by atoms with E-state index < -0.39 is 5.41 Å². The zero-order valence-corrected chi connectivity index (χ0v) is 15.6. The Hall–Kier alpha value is -2.14. The fourth-order valence-corrected chi connectivity index (χ4v) is 4.69. The van der Waals surface area contributed by atoms with Crippen LogP contribution in [0.1, 0.15) is 31.2 Å². The van der Waals surface area contributed by atoms with Crippen molar-refractivity contribution in [1.29, 1.82) is 0 Å². The molecular weight excluding hydrogens is 344 g/mol. The number of primary amides is 1. The zero-order chi connectivity index (χ0) is 18.1. The molecule has 0 spiro atoms. The Morgan fingerprint density at radius 1 is 1.19 bits per heavy atom. The van der Waals surface area contributed by atoms with Gasteiger partial charge in [0, 0.05) is 23.9 Å². The molecule has 1 saturated heterocycles. The van der Waals surface area contributed by atoms with E-state index in [9.17, 15) is 9.59 Å². The molecule has 2 amide bonds. The summed E-state index contributed by atoms with van der Waals surface area (Å²) >= 11 is 1.72. The lowest BCUT2D eigenvalue weighted by atomic mass is 9.74. The number of thiophene rings is 1. The molecule has 0 bridgehead atoms. The molecule has 2 aromatic rings. The van der Waals surface area contributed by atoms with Crippen molar-refractivity contribution in [2.75, 3.05) is 13.1 Å². The highest BCUT2D eigenvalue weighted by Gasteiger charge is 2.44. The Morgan fingerprint density at radius 2 is 1.96 bits per heavy atom. The normalized spacial score (nSPS) is 23.0. The van der Waals surface area contributed by atoms with E-state index in [0.717, 1.165) is 37.8 Å². The van der Waals surface area contributed by atoms with Gasteiger partial charge in [0.1, 0.15) is 0 Å². The monoisotopic (exact) mass is 368 g/mol. The highest BCUT2D eigenvalue weighted by Crippen LogP contribution is 2.38. The van der Waals surface area contributed by atoms with Crippen LogP contribution in [0, 0.1) is 11.3 Å². The number of piperidine rings is 1. The van der Waals surface area contributed by atoms with E-state index in [1.165, 1.54) is 10.4 Å². The van der Waals surface area contributed by atoms with Crippen molar-refractivity contribution >= 4 is 23.2 Å². The van der Waals surface area contributed by atoms with Crippen molar-refractivity contribution in [2.24, 2.45) is 17.1 Å². The molecule has 1 atom stereocenters. The predicted molar refractivity (Wildman–Crippen MR) is 104 cm³/mol. The lowest BCUT2D eigenvalue weighted by Crippen LogP contribution is -2.53. The number of hydrogen-bond acceptors (Lipinski definition) is 3. The van der Waals surface area contributed by atoms with Gasteiger partial charge in [0.05, 0.1) is 5.41 Å². The molecule has 0 radical (unpaired) electrons. The maximum Gasteiger partial charge on any atom is 0.225 e. The zero-order valence-electron chi connectivity index (χ0n) is 14.8. The molecule has 1 saturated carbocycles. The van der Waals surface area contributed by atoms with Gasteiger partial charge in [-0.25, -0.2) is 0 Å². The molecule has 2 heterocycles. The minimum Gasteiger partial charge on any atom is -0.369 e. The number of carbonyl (C=O) groups is 2. The van der Waals surface area contributed by atoms with Gasteiger partial charge >= 0.3 is 0 Å². The second-order valence-electron chi connectivity index (χ2n) is 7.63. The quantitative estimate of drug-likeness (QED) is 0.878. The van der Waals surface area contributed by atoms with Crippen molar-refractivity contribution in [3.8, 4) is 10.4 Å². The standard InChI is InChI=1S/C21H24N2O2S/c22-20(25)21(10-2-11-23(14-21)19(24)17-8-9-17)13-15-4-6-16(7-5-15)18-3-1-12-26-18/h1,3-7,12,17H,2,8-11,13-14H2,(H2,22,25)/t21-/m1/s1. The van der Waals surface area contributed by atoms with Crippen LogP contribution in [-0.2, 0) is 16.0 Å². The van der Waals surface area contributed by atoms with Crippen LogP contribution in [0.5, 0.6) is 0 Å². The highest BCUT2D eigenvalue weighted by molar-refractivity contribution is 7.13. The average molecular weight is 369 g/mol. The van der Waals surface area contributed by atoms with Gasteiger partial charge in [-0.2, -0.15) is 0 Å². The van der Waals surface area contributed by atoms with Crippen LogP contribution in [0.15, 0.2) is 41.8 Å². The summed E-state index contributed by atoms with van der Waals surface area (Å²) in [5.41, 5.74) is 7.48. The molecule has 0 unspecified atom stereocenters. The van der Waals surface area contributed by atoms with E-state index in [1.54, 1.807) is 11.3 Å².